The number of carbonyl (C=O) groups excluding carboxylic acids is 3. The van der Waals surface area contributed by atoms with Gasteiger partial charge in [0.25, 0.3) is 0 Å². The van der Waals surface area contributed by atoms with Gasteiger partial charge in [-0.25, -0.2) is 0 Å². The molecule has 0 heterocycles. The van der Waals surface area contributed by atoms with E-state index in [1.807, 2.05) is 13.8 Å². The van der Waals surface area contributed by atoms with Crippen molar-refractivity contribution in [3.8, 4) is 0 Å². The van der Waals surface area contributed by atoms with Crippen LogP contribution in [0.4, 0.5) is 0 Å². The van der Waals surface area contributed by atoms with Gasteiger partial charge in [0.2, 0.25) is 11.8 Å². The normalized spacial score (nSPS) is 20.1. The van der Waals surface area contributed by atoms with Gasteiger partial charge in [-0.3, -0.25) is 14.4 Å². The van der Waals surface area contributed by atoms with Crippen LogP contribution in [0.1, 0.15) is 75.0 Å². The molecule has 0 spiro atoms. The summed E-state index contributed by atoms with van der Waals surface area (Å²) in [5, 5.41) is 5.84. The summed E-state index contributed by atoms with van der Waals surface area (Å²) in [4.78, 5) is 35.6. The Hall–Kier alpha value is -1.47. The first-order chi connectivity index (χ1) is 14.0. The number of nitrogens with one attached hydrogen (secondary N) is 2. The third-order valence-corrected chi connectivity index (χ3v) is 5.48. The topological polar surface area (TPSA) is 93.7 Å². The van der Waals surface area contributed by atoms with Gasteiger partial charge in [0.05, 0.1) is 26.4 Å². The summed E-state index contributed by atoms with van der Waals surface area (Å²) in [6.07, 6.45) is 6.12. The molecule has 1 unspecified atom stereocenters. The Bertz CT molecular complexity index is 500. The second-order valence-corrected chi connectivity index (χ2v) is 7.90. The lowest BCUT2D eigenvalue weighted by molar-refractivity contribution is -0.127. The van der Waals surface area contributed by atoms with Crippen LogP contribution in [-0.4, -0.2) is 56.6 Å². The van der Waals surface area contributed by atoms with Crippen LogP contribution in [0.15, 0.2) is 0 Å². The zero-order valence-corrected chi connectivity index (χ0v) is 18.5. The fourth-order valence-electron chi connectivity index (χ4n) is 3.49. The zero-order chi connectivity index (χ0) is 21.5. The second kappa shape index (κ2) is 15.4. The Kier molecular flexibility index (Phi) is 13.6. The molecule has 7 heteroatoms. The Morgan fingerprint density at radius 1 is 0.931 bits per heavy atom. The third-order valence-electron chi connectivity index (χ3n) is 5.48. The van der Waals surface area contributed by atoms with Gasteiger partial charge in [-0.2, -0.15) is 0 Å². The summed E-state index contributed by atoms with van der Waals surface area (Å²) in [7, 11) is 0. The van der Waals surface area contributed by atoms with E-state index in [0.29, 0.717) is 51.6 Å². The number of Topliss-reactive ketones (excluding diaryl/α,β-unsaturated/α-hetero) is 1. The molecule has 0 aliphatic heterocycles. The minimum absolute atomic E-state index is 0. The van der Waals surface area contributed by atoms with E-state index in [-0.39, 0.29) is 32.5 Å². The van der Waals surface area contributed by atoms with Gasteiger partial charge in [0, 0.05) is 40.1 Å². The van der Waals surface area contributed by atoms with Gasteiger partial charge >= 0.3 is 0 Å². The van der Waals surface area contributed by atoms with E-state index < -0.39 is 0 Å². The molecular formula is C22H44N2O5. The summed E-state index contributed by atoms with van der Waals surface area (Å²) in [6, 6.07) is 0.176. The average Bonchev–Trinajstić information content (AvgIpc) is 2.72. The molecule has 1 atom stereocenters. The molecule has 1 fully saturated rings. The molecule has 0 saturated heterocycles. The van der Waals surface area contributed by atoms with Gasteiger partial charge in [0.15, 0.2) is 0 Å². The predicted molar refractivity (Wildman–Crippen MR) is 117 cm³/mol. The number of hydrogen-bond donors (Lipinski definition) is 2. The quantitative estimate of drug-likeness (QED) is 0.400. The van der Waals surface area contributed by atoms with Crippen LogP contribution in [0.5, 0.6) is 0 Å². The number of rotatable bonds is 15. The third kappa shape index (κ3) is 11.3. The lowest BCUT2D eigenvalue weighted by Crippen LogP contribution is -2.39. The zero-order valence-electron chi connectivity index (χ0n) is 18.5. The Labute approximate surface area is 178 Å². The van der Waals surface area contributed by atoms with Crippen molar-refractivity contribution < 1.29 is 26.7 Å². The first-order valence-electron chi connectivity index (χ1n) is 11.2. The lowest BCUT2D eigenvalue weighted by atomic mass is 9.79. The van der Waals surface area contributed by atoms with Crippen LogP contribution >= 0.6 is 0 Å². The predicted octanol–water partition coefficient (Wildman–Crippen LogP) is 3.11. The van der Waals surface area contributed by atoms with Gasteiger partial charge in [-0.1, -0.05) is 20.8 Å². The molecule has 1 aliphatic carbocycles. The number of ether oxygens (including phenoxy) is 2. The second-order valence-electron chi connectivity index (χ2n) is 7.90. The molecule has 2 amide bonds. The summed E-state index contributed by atoms with van der Waals surface area (Å²) < 4.78 is 10.8. The van der Waals surface area contributed by atoms with Crippen LogP contribution in [0.25, 0.3) is 0 Å². The van der Waals surface area contributed by atoms with Crippen molar-refractivity contribution in [1.82, 2.24) is 10.6 Å². The van der Waals surface area contributed by atoms with Crippen LogP contribution in [0.3, 0.4) is 0 Å². The van der Waals surface area contributed by atoms with Crippen LogP contribution < -0.4 is 10.6 Å². The Balaban J connectivity index is 0. The van der Waals surface area contributed by atoms with Crippen molar-refractivity contribution in [2.24, 2.45) is 11.8 Å². The maximum Gasteiger partial charge on any atom is 0.222 e. The summed E-state index contributed by atoms with van der Waals surface area (Å²) in [6.45, 7) is 8.23. The molecule has 29 heavy (non-hydrogen) atoms. The molecule has 1 rings (SSSR count). The van der Waals surface area contributed by atoms with Gasteiger partial charge in [0.1, 0.15) is 5.78 Å². The average molecular weight is 417 g/mol. The van der Waals surface area contributed by atoms with E-state index in [1.165, 1.54) is 0 Å². The van der Waals surface area contributed by atoms with Gasteiger partial charge in [-0.15, -0.1) is 0 Å². The maximum absolute atomic E-state index is 12.3. The molecule has 1 aliphatic rings. The van der Waals surface area contributed by atoms with Crippen molar-refractivity contribution in [1.29, 1.82) is 0 Å². The molecule has 0 bridgehead atoms. The highest BCUT2D eigenvalue weighted by Gasteiger charge is 2.28. The molecule has 0 aromatic heterocycles. The van der Waals surface area contributed by atoms with E-state index in [0.717, 1.165) is 38.5 Å². The van der Waals surface area contributed by atoms with E-state index in [9.17, 15) is 14.4 Å². The lowest BCUT2D eigenvalue weighted by Gasteiger charge is -2.29. The fraction of sp³-hybridized carbons (Fsp3) is 0.864. The van der Waals surface area contributed by atoms with Crippen molar-refractivity contribution in [2.75, 3.05) is 33.0 Å². The molecule has 0 aromatic carbocycles. The van der Waals surface area contributed by atoms with Crippen LogP contribution in [0, 0.1) is 11.8 Å². The Morgan fingerprint density at radius 3 is 2.21 bits per heavy atom. The van der Waals surface area contributed by atoms with Gasteiger partial charge < -0.3 is 20.1 Å². The highest BCUT2D eigenvalue weighted by atomic mass is 16.5. The first-order valence-corrected chi connectivity index (χ1v) is 11.2. The van der Waals surface area contributed by atoms with E-state index >= 15 is 0 Å². The number of amides is 2. The molecule has 172 valence electrons. The molecule has 7 nitrogen and oxygen atoms in total. The number of ketones is 1. The molecule has 1 saturated carbocycles. The van der Waals surface area contributed by atoms with Crippen molar-refractivity contribution in [3.63, 3.8) is 0 Å². The monoisotopic (exact) mass is 416 g/mol. The van der Waals surface area contributed by atoms with E-state index in [2.05, 4.69) is 17.6 Å². The smallest absolute Gasteiger partial charge is 0.222 e. The summed E-state index contributed by atoms with van der Waals surface area (Å²) in [5.41, 5.74) is 0. The molecular weight excluding hydrogens is 372 g/mol. The largest absolute Gasteiger partial charge is 0.379 e. The molecule has 0 aromatic rings. The standard InChI is InChI=1S/C22H40N2O5.2H2/c1-4-6-20(25)23-12-14-29-16-15-28-13-11-21(26)24-19-9-7-18(8-10-19)22(27)17(3)5-2;;/h17-19H,4-16H2,1-3H3,(H,23,25)(H,24,26);2*1H. The summed E-state index contributed by atoms with van der Waals surface area (Å²) in [5.74, 6) is 0.750. The van der Waals surface area contributed by atoms with E-state index in [4.69, 9.17) is 9.47 Å². The highest BCUT2D eigenvalue weighted by molar-refractivity contribution is 5.83. The fourth-order valence-corrected chi connectivity index (χ4v) is 3.49. The van der Waals surface area contributed by atoms with E-state index in [1.54, 1.807) is 0 Å². The summed E-state index contributed by atoms with van der Waals surface area (Å²) >= 11 is 0. The first kappa shape index (κ1) is 25.6. The minimum Gasteiger partial charge on any atom is -0.379 e. The van der Waals surface area contributed by atoms with Crippen molar-refractivity contribution in [3.05, 3.63) is 0 Å². The highest BCUT2D eigenvalue weighted by Crippen LogP contribution is 2.28. The minimum atomic E-state index is 0. The number of carbonyl (C=O) groups is 3. The van der Waals surface area contributed by atoms with Crippen LogP contribution in [-0.2, 0) is 23.9 Å². The Morgan fingerprint density at radius 2 is 1.59 bits per heavy atom. The molecule has 2 N–H and O–H groups in total. The van der Waals surface area contributed by atoms with Crippen molar-refractivity contribution >= 4 is 17.6 Å². The molecule has 0 radical (unpaired) electrons. The van der Waals surface area contributed by atoms with Crippen LogP contribution in [0.2, 0.25) is 0 Å². The van der Waals surface area contributed by atoms with Crippen molar-refractivity contribution in [2.45, 2.75) is 78.2 Å². The number of hydrogen-bond acceptors (Lipinski definition) is 5. The van der Waals surface area contributed by atoms with Gasteiger partial charge in [-0.05, 0) is 38.5 Å². The SMILES string of the molecule is CCCC(=O)NCCOCCOCCC(=O)NC1CCC(C(=O)C(C)CC)CC1.[HH].[HH]. The maximum atomic E-state index is 12.3.